The van der Waals surface area contributed by atoms with Crippen molar-refractivity contribution in [3.05, 3.63) is 49.6 Å². The molecule has 0 saturated heterocycles. The van der Waals surface area contributed by atoms with E-state index in [0.717, 1.165) is 9.04 Å². The van der Waals surface area contributed by atoms with E-state index in [1.807, 2.05) is 0 Å². The zero-order valence-electron chi connectivity index (χ0n) is 11.3. The Kier molecular flexibility index (Phi) is 4.34. The Labute approximate surface area is 129 Å². The molecule has 1 aromatic carbocycles. The summed E-state index contributed by atoms with van der Waals surface area (Å²) in [5.74, 6) is 2.01. The van der Waals surface area contributed by atoms with Gasteiger partial charge in [-0.1, -0.05) is 40.9 Å². The van der Waals surface area contributed by atoms with Gasteiger partial charge in [-0.25, -0.2) is 9.36 Å². The third-order valence-electron chi connectivity index (χ3n) is 3.12. The van der Waals surface area contributed by atoms with Gasteiger partial charge in [-0.2, -0.15) is 0 Å². The predicted molar refractivity (Wildman–Crippen MR) is 84.3 cm³/mol. The number of aromatic nitrogens is 2. The van der Waals surface area contributed by atoms with Gasteiger partial charge in [-0.3, -0.25) is 9.78 Å². The van der Waals surface area contributed by atoms with Crippen LogP contribution in [0.4, 0.5) is 0 Å². The van der Waals surface area contributed by atoms with Crippen molar-refractivity contribution in [1.29, 1.82) is 0 Å². The summed E-state index contributed by atoms with van der Waals surface area (Å²) in [4.78, 5) is 26.1. The van der Waals surface area contributed by atoms with Crippen LogP contribution in [-0.2, 0) is 0 Å². The molecule has 2 N–H and O–H groups in total. The fourth-order valence-electron chi connectivity index (χ4n) is 2.11. The molecule has 2 rings (SSSR count). The number of nitrogens with zero attached hydrogens (tertiary/aromatic N) is 1. The lowest BCUT2D eigenvalue weighted by Crippen LogP contribution is -2.33. The highest BCUT2D eigenvalue weighted by Gasteiger charge is 2.19. The Balaban J connectivity index is 2.80. The first-order valence-electron chi connectivity index (χ1n) is 6.29. The fraction of sp³-hybridized carbons (Fsp3) is 0.200. The number of hydrogen-bond donors (Lipinski definition) is 2. The van der Waals surface area contributed by atoms with E-state index < -0.39 is 23.2 Å². The summed E-state index contributed by atoms with van der Waals surface area (Å²) in [7, 11) is 0. The first-order chi connectivity index (χ1) is 9.99. The number of terminal acetylenes is 1. The molecule has 0 radical (unpaired) electrons. The third-order valence-corrected chi connectivity index (χ3v) is 3.62. The van der Waals surface area contributed by atoms with Crippen LogP contribution >= 0.6 is 15.9 Å². The number of halogens is 1. The minimum atomic E-state index is -0.721. The monoisotopic (exact) mass is 348 g/mol. The van der Waals surface area contributed by atoms with E-state index in [1.165, 1.54) is 0 Å². The van der Waals surface area contributed by atoms with Gasteiger partial charge in [-0.05, 0) is 24.1 Å². The topological polar surface area (TPSA) is 75.1 Å². The Hall–Kier alpha value is -2.26. The second-order valence-electron chi connectivity index (χ2n) is 4.43. The lowest BCUT2D eigenvalue weighted by atomic mass is 10.1. The Morgan fingerprint density at radius 2 is 2.19 bits per heavy atom. The molecular formula is C15H13BrN2O3. The highest BCUT2D eigenvalue weighted by atomic mass is 79.9. The first kappa shape index (κ1) is 15.1. The summed E-state index contributed by atoms with van der Waals surface area (Å²) in [5.41, 5.74) is -0.867. The number of hydrogen-bond acceptors (Lipinski definition) is 3. The number of H-pyrrole nitrogens is 1. The molecule has 21 heavy (non-hydrogen) atoms. The van der Waals surface area contributed by atoms with Gasteiger partial charge < -0.3 is 5.11 Å². The standard InChI is InChI=1S/C15H13BrN2O3/c1-3-11(4-2)18-14(20)12(13(19)17-15(18)21)9-6-5-7-10(16)8-9/h1,5-8,11,20H,4H2,2H3,(H,17,19,21). The number of rotatable bonds is 3. The lowest BCUT2D eigenvalue weighted by Gasteiger charge is -2.16. The molecule has 1 aromatic heterocycles. The Morgan fingerprint density at radius 1 is 1.48 bits per heavy atom. The van der Waals surface area contributed by atoms with E-state index in [1.54, 1.807) is 31.2 Å². The zero-order chi connectivity index (χ0) is 15.6. The van der Waals surface area contributed by atoms with E-state index in [2.05, 4.69) is 26.8 Å². The van der Waals surface area contributed by atoms with Crippen molar-refractivity contribution >= 4 is 15.9 Å². The van der Waals surface area contributed by atoms with E-state index in [-0.39, 0.29) is 5.56 Å². The SMILES string of the molecule is C#CC(CC)n1c(O)c(-c2cccc(Br)c2)c(=O)[nH]c1=O. The first-order valence-corrected chi connectivity index (χ1v) is 7.08. The Bertz CT molecular complexity index is 830. The minimum Gasteiger partial charge on any atom is -0.494 e. The molecule has 0 spiro atoms. The van der Waals surface area contributed by atoms with Crippen molar-refractivity contribution in [2.24, 2.45) is 0 Å². The lowest BCUT2D eigenvalue weighted by molar-refractivity contribution is 0.387. The molecule has 6 heteroatoms. The van der Waals surface area contributed by atoms with Gasteiger partial charge in [-0.15, -0.1) is 6.42 Å². The number of nitrogens with one attached hydrogen (secondary N) is 1. The molecule has 0 aliphatic carbocycles. The van der Waals surface area contributed by atoms with Gasteiger partial charge in [0.05, 0.1) is 0 Å². The average molecular weight is 349 g/mol. The molecule has 0 saturated carbocycles. The fourth-order valence-corrected chi connectivity index (χ4v) is 2.51. The van der Waals surface area contributed by atoms with Gasteiger partial charge in [0.15, 0.2) is 0 Å². The van der Waals surface area contributed by atoms with Crippen LogP contribution in [0.5, 0.6) is 5.88 Å². The Morgan fingerprint density at radius 3 is 2.76 bits per heavy atom. The van der Waals surface area contributed by atoms with E-state index in [9.17, 15) is 14.7 Å². The molecule has 108 valence electrons. The highest BCUT2D eigenvalue weighted by Crippen LogP contribution is 2.28. The van der Waals surface area contributed by atoms with Crippen LogP contribution in [0.15, 0.2) is 38.3 Å². The predicted octanol–water partition coefficient (Wildman–Crippen LogP) is 2.26. The van der Waals surface area contributed by atoms with Crippen LogP contribution in [0.25, 0.3) is 11.1 Å². The number of aromatic hydroxyl groups is 1. The maximum atomic E-state index is 12.0. The van der Waals surface area contributed by atoms with E-state index in [4.69, 9.17) is 6.42 Å². The summed E-state index contributed by atoms with van der Waals surface area (Å²) in [6.07, 6.45) is 5.84. The maximum absolute atomic E-state index is 12.0. The third kappa shape index (κ3) is 2.78. The van der Waals surface area contributed by atoms with Crippen LogP contribution in [0.3, 0.4) is 0 Å². The van der Waals surface area contributed by atoms with Gasteiger partial charge in [0.25, 0.3) is 5.56 Å². The molecule has 2 aromatic rings. The molecule has 0 amide bonds. The van der Waals surface area contributed by atoms with Crippen LogP contribution in [-0.4, -0.2) is 14.7 Å². The largest absolute Gasteiger partial charge is 0.494 e. The maximum Gasteiger partial charge on any atom is 0.332 e. The molecule has 1 atom stereocenters. The zero-order valence-corrected chi connectivity index (χ0v) is 12.8. The normalized spacial score (nSPS) is 11.9. The molecule has 5 nitrogen and oxygen atoms in total. The van der Waals surface area contributed by atoms with Crippen molar-refractivity contribution in [2.75, 3.05) is 0 Å². The van der Waals surface area contributed by atoms with E-state index in [0.29, 0.717) is 12.0 Å². The average Bonchev–Trinajstić information content (AvgIpc) is 2.43. The van der Waals surface area contributed by atoms with Crippen molar-refractivity contribution < 1.29 is 5.11 Å². The van der Waals surface area contributed by atoms with Crippen LogP contribution in [0.2, 0.25) is 0 Å². The van der Waals surface area contributed by atoms with Gasteiger partial charge in [0, 0.05) is 4.47 Å². The molecule has 0 aliphatic rings. The molecule has 0 fully saturated rings. The summed E-state index contributed by atoms with van der Waals surface area (Å²) in [6.45, 7) is 1.79. The van der Waals surface area contributed by atoms with Crippen molar-refractivity contribution in [2.45, 2.75) is 19.4 Å². The van der Waals surface area contributed by atoms with Crippen molar-refractivity contribution in [3.8, 4) is 29.4 Å². The van der Waals surface area contributed by atoms with Crippen molar-refractivity contribution in [1.82, 2.24) is 9.55 Å². The van der Waals surface area contributed by atoms with Gasteiger partial charge in [0.1, 0.15) is 11.6 Å². The van der Waals surface area contributed by atoms with Gasteiger partial charge >= 0.3 is 5.69 Å². The summed E-state index contributed by atoms with van der Waals surface area (Å²) >= 11 is 3.30. The number of benzene rings is 1. The second kappa shape index (κ2) is 6.02. The molecule has 0 bridgehead atoms. The van der Waals surface area contributed by atoms with Crippen LogP contribution < -0.4 is 11.2 Å². The molecule has 1 unspecified atom stereocenters. The minimum absolute atomic E-state index is 0.0181. The smallest absolute Gasteiger partial charge is 0.332 e. The summed E-state index contributed by atoms with van der Waals surface area (Å²) in [6, 6.07) is 6.24. The van der Waals surface area contributed by atoms with Gasteiger partial charge in [0.2, 0.25) is 5.88 Å². The summed E-state index contributed by atoms with van der Waals surface area (Å²) in [5, 5.41) is 10.4. The molecular weight excluding hydrogens is 336 g/mol. The highest BCUT2D eigenvalue weighted by molar-refractivity contribution is 9.10. The van der Waals surface area contributed by atoms with Crippen LogP contribution in [0, 0.1) is 12.3 Å². The molecule has 1 heterocycles. The van der Waals surface area contributed by atoms with E-state index >= 15 is 0 Å². The quantitative estimate of drug-likeness (QED) is 0.835. The van der Waals surface area contributed by atoms with Crippen LogP contribution in [0.1, 0.15) is 19.4 Å². The molecule has 0 aliphatic heterocycles. The number of aromatic amines is 1. The summed E-state index contributed by atoms with van der Waals surface area (Å²) < 4.78 is 1.78. The second-order valence-corrected chi connectivity index (χ2v) is 5.34. The van der Waals surface area contributed by atoms with Crippen molar-refractivity contribution in [3.63, 3.8) is 0 Å².